The van der Waals surface area contributed by atoms with Crippen LogP contribution in [0, 0.1) is 12.8 Å². The Bertz CT molecular complexity index is 545. The van der Waals surface area contributed by atoms with E-state index in [0.717, 1.165) is 25.1 Å². The zero-order chi connectivity index (χ0) is 14.6. The second kappa shape index (κ2) is 6.51. The lowest BCUT2D eigenvalue weighted by Crippen LogP contribution is -2.44. The first-order valence-corrected chi connectivity index (χ1v) is 8.31. The van der Waals surface area contributed by atoms with Gasteiger partial charge in [0, 0.05) is 18.8 Å². The number of hydrogen-bond donors (Lipinski definition) is 2. The molecular weight excluding hydrogens is 276 g/mol. The molecule has 0 spiro atoms. The molecule has 7 heteroatoms. The summed E-state index contributed by atoms with van der Waals surface area (Å²) in [4.78, 5) is 4.18. The molecule has 2 rings (SSSR count). The molecule has 1 saturated heterocycles. The third-order valence-electron chi connectivity index (χ3n) is 3.44. The van der Waals surface area contributed by atoms with E-state index in [4.69, 9.17) is 0 Å². The molecule has 2 N–H and O–H groups in total. The normalized spacial score (nSPS) is 20.8. The number of aromatic nitrogens is 1. The fourth-order valence-electron chi connectivity index (χ4n) is 2.50. The van der Waals surface area contributed by atoms with Crippen LogP contribution in [0.25, 0.3) is 0 Å². The van der Waals surface area contributed by atoms with E-state index >= 15 is 0 Å². The summed E-state index contributed by atoms with van der Waals surface area (Å²) in [6.07, 6.45) is 1.96. The Morgan fingerprint density at radius 3 is 2.95 bits per heavy atom. The summed E-state index contributed by atoms with van der Waals surface area (Å²) < 4.78 is 28.8. The van der Waals surface area contributed by atoms with Crippen molar-refractivity contribution in [1.29, 1.82) is 0 Å². The molecule has 1 fully saturated rings. The number of pyridine rings is 1. The van der Waals surface area contributed by atoms with Gasteiger partial charge in [-0.1, -0.05) is 6.07 Å². The second-order valence-electron chi connectivity index (χ2n) is 5.20. The highest BCUT2D eigenvalue weighted by Gasteiger charge is 2.28. The number of aryl methyl sites for hydroxylation is 1. The molecule has 0 bridgehead atoms. The minimum atomic E-state index is -3.51. The zero-order valence-electron chi connectivity index (χ0n) is 12.0. The minimum absolute atomic E-state index is 0.371. The van der Waals surface area contributed by atoms with E-state index in [9.17, 15) is 8.42 Å². The molecule has 1 aromatic rings. The molecule has 1 aromatic heterocycles. The van der Waals surface area contributed by atoms with Gasteiger partial charge >= 0.3 is 10.2 Å². The predicted molar refractivity (Wildman–Crippen MR) is 79.7 cm³/mol. The molecule has 0 saturated carbocycles. The van der Waals surface area contributed by atoms with Gasteiger partial charge in [-0.05, 0) is 51.4 Å². The van der Waals surface area contributed by atoms with Crippen LogP contribution in [-0.2, 0) is 10.2 Å². The molecule has 0 aliphatic carbocycles. The number of hydrogen-bond acceptors (Lipinski definition) is 4. The SMILES string of the molecule is CNCC1CCCN(S(=O)(=O)Nc2cccc(C)n2)C1. The van der Waals surface area contributed by atoms with E-state index in [-0.39, 0.29) is 0 Å². The zero-order valence-corrected chi connectivity index (χ0v) is 12.8. The van der Waals surface area contributed by atoms with E-state index in [2.05, 4.69) is 15.0 Å². The van der Waals surface area contributed by atoms with Crippen LogP contribution in [-0.4, -0.2) is 44.4 Å². The third kappa shape index (κ3) is 3.91. The first-order chi connectivity index (χ1) is 9.51. The standard InChI is InChI=1S/C13H22N4O2S/c1-11-5-3-7-13(15-11)16-20(18,19)17-8-4-6-12(10-17)9-14-2/h3,5,7,12,14H,4,6,8-10H2,1-2H3,(H,15,16). The van der Waals surface area contributed by atoms with E-state index in [0.29, 0.717) is 24.8 Å². The van der Waals surface area contributed by atoms with Gasteiger partial charge in [0.1, 0.15) is 5.82 Å². The van der Waals surface area contributed by atoms with Crippen molar-refractivity contribution >= 4 is 16.0 Å². The summed E-state index contributed by atoms with van der Waals surface area (Å²) in [7, 11) is -1.62. The number of piperidine rings is 1. The van der Waals surface area contributed by atoms with Crippen LogP contribution in [0.15, 0.2) is 18.2 Å². The van der Waals surface area contributed by atoms with E-state index in [1.54, 1.807) is 12.1 Å². The van der Waals surface area contributed by atoms with Crippen LogP contribution < -0.4 is 10.0 Å². The third-order valence-corrected chi connectivity index (χ3v) is 4.91. The van der Waals surface area contributed by atoms with E-state index in [1.807, 2.05) is 20.0 Å². The van der Waals surface area contributed by atoms with Crippen molar-refractivity contribution in [1.82, 2.24) is 14.6 Å². The molecule has 1 atom stereocenters. The smallest absolute Gasteiger partial charge is 0.302 e. The molecule has 6 nitrogen and oxygen atoms in total. The van der Waals surface area contributed by atoms with E-state index in [1.165, 1.54) is 4.31 Å². The molecule has 0 radical (unpaired) electrons. The van der Waals surface area contributed by atoms with Gasteiger partial charge in [-0.3, -0.25) is 4.72 Å². The Labute approximate surface area is 120 Å². The summed E-state index contributed by atoms with van der Waals surface area (Å²) >= 11 is 0. The molecule has 0 amide bonds. The highest BCUT2D eigenvalue weighted by atomic mass is 32.2. The fraction of sp³-hybridized carbons (Fsp3) is 0.615. The average Bonchev–Trinajstić information content (AvgIpc) is 2.39. The first-order valence-electron chi connectivity index (χ1n) is 6.87. The molecule has 1 aliphatic heterocycles. The Balaban J connectivity index is 2.06. The maximum atomic E-state index is 12.4. The van der Waals surface area contributed by atoms with Gasteiger partial charge in [0.25, 0.3) is 0 Å². The highest BCUT2D eigenvalue weighted by Crippen LogP contribution is 2.19. The Hall–Kier alpha value is -1.18. The average molecular weight is 298 g/mol. The topological polar surface area (TPSA) is 74.3 Å². The van der Waals surface area contributed by atoms with Crippen LogP contribution in [0.4, 0.5) is 5.82 Å². The summed E-state index contributed by atoms with van der Waals surface area (Å²) in [5.74, 6) is 0.747. The van der Waals surface area contributed by atoms with Crippen LogP contribution in [0.5, 0.6) is 0 Å². The van der Waals surface area contributed by atoms with Crippen molar-refractivity contribution in [2.24, 2.45) is 5.92 Å². The van der Waals surface area contributed by atoms with Gasteiger partial charge in [0.2, 0.25) is 0 Å². The summed E-state index contributed by atoms with van der Waals surface area (Å²) in [6.45, 7) is 3.81. The quantitative estimate of drug-likeness (QED) is 0.850. The summed E-state index contributed by atoms with van der Waals surface area (Å²) in [6, 6.07) is 5.29. The van der Waals surface area contributed by atoms with Crippen molar-refractivity contribution in [2.75, 3.05) is 31.4 Å². The summed E-state index contributed by atoms with van der Waals surface area (Å²) in [5.41, 5.74) is 0.789. The van der Waals surface area contributed by atoms with Gasteiger partial charge in [-0.2, -0.15) is 12.7 Å². The van der Waals surface area contributed by atoms with Crippen LogP contribution >= 0.6 is 0 Å². The molecular formula is C13H22N4O2S. The number of nitrogens with zero attached hydrogens (tertiary/aromatic N) is 2. The van der Waals surface area contributed by atoms with E-state index < -0.39 is 10.2 Å². The fourth-order valence-corrected chi connectivity index (χ4v) is 3.78. The maximum absolute atomic E-state index is 12.4. The predicted octanol–water partition coefficient (Wildman–Crippen LogP) is 0.978. The molecule has 2 heterocycles. The van der Waals surface area contributed by atoms with Crippen molar-refractivity contribution in [3.05, 3.63) is 23.9 Å². The molecule has 20 heavy (non-hydrogen) atoms. The van der Waals surface area contributed by atoms with Gasteiger partial charge in [0.15, 0.2) is 0 Å². The Morgan fingerprint density at radius 2 is 2.25 bits per heavy atom. The number of rotatable bonds is 5. The lowest BCUT2D eigenvalue weighted by atomic mass is 10.00. The molecule has 1 aliphatic rings. The van der Waals surface area contributed by atoms with Crippen molar-refractivity contribution < 1.29 is 8.42 Å². The molecule has 112 valence electrons. The minimum Gasteiger partial charge on any atom is -0.319 e. The molecule has 0 aromatic carbocycles. The number of anilines is 1. The monoisotopic (exact) mass is 298 g/mol. The van der Waals surface area contributed by atoms with Gasteiger partial charge in [-0.15, -0.1) is 0 Å². The lowest BCUT2D eigenvalue weighted by Gasteiger charge is -2.31. The Kier molecular flexibility index (Phi) is 4.95. The van der Waals surface area contributed by atoms with Crippen molar-refractivity contribution in [3.63, 3.8) is 0 Å². The molecule has 1 unspecified atom stereocenters. The Morgan fingerprint density at radius 1 is 1.45 bits per heavy atom. The number of nitrogens with one attached hydrogen (secondary N) is 2. The van der Waals surface area contributed by atoms with Gasteiger partial charge in [-0.25, -0.2) is 4.98 Å². The van der Waals surface area contributed by atoms with Crippen LogP contribution in [0.1, 0.15) is 18.5 Å². The van der Waals surface area contributed by atoms with Crippen LogP contribution in [0.2, 0.25) is 0 Å². The second-order valence-corrected chi connectivity index (χ2v) is 6.87. The van der Waals surface area contributed by atoms with Gasteiger partial charge < -0.3 is 5.32 Å². The first kappa shape index (κ1) is 15.2. The largest absolute Gasteiger partial charge is 0.319 e. The highest BCUT2D eigenvalue weighted by molar-refractivity contribution is 7.90. The maximum Gasteiger partial charge on any atom is 0.302 e. The van der Waals surface area contributed by atoms with Gasteiger partial charge in [0.05, 0.1) is 0 Å². The van der Waals surface area contributed by atoms with Crippen LogP contribution in [0.3, 0.4) is 0 Å². The van der Waals surface area contributed by atoms with Crippen molar-refractivity contribution in [3.8, 4) is 0 Å². The lowest BCUT2D eigenvalue weighted by molar-refractivity contribution is 0.264. The van der Waals surface area contributed by atoms with Crippen molar-refractivity contribution in [2.45, 2.75) is 19.8 Å². The summed E-state index contributed by atoms with van der Waals surface area (Å²) in [5, 5.41) is 3.11.